The lowest BCUT2D eigenvalue weighted by atomic mass is 9.77. The SMILES string of the molecule is CCOC1(C(Cc2ccc(F)cc2)NC)CCCCC1. The minimum Gasteiger partial charge on any atom is -0.374 e. The van der Waals surface area contributed by atoms with Crippen molar-refractivity contribution in [2.24, 2.45) is 0 Å². The summed E-state index contributed by atoms with van der Waals surface area (Å²) in [6, 6.07) is 7.12. The smallest absolute Gasteiger partial charge is 0.123 e. The maximum Gasteiger partial charge on any atom is 0.123 e. The Morgan fingerprint density at radius 3 is 2.40 bits per heavy atom. The Morgan fingerprint density at radius 1 is 1.20 bits per heavy atom. The summed E-state index contributed by atoms with van der Waals surface area (Å²) in [5.41, 5.74) is 1.10. The number of nitrogens with one attached hydrogen (secondary N) is 1. The predicted molar refractivity (Wildman–Crippen MR) is 80.4 cm³/mol. The Kier molecular flexibility index (Phi) is 5.55. The van der Waals surface area contributed by atoms with Crippen LogP contribution in [0.4, 0.5) is 4.39 Å². The minimum absolute atomic E-state index is 0.0594. The molecule has 2 nitrogen and oxygen atoms in total. The average Bonchev–Trinajstić information content (AvgIpc) is 2.48. The maximum absolute atomic E-state index is 13.0. The molecule has 1 atom stereocenters. The second kappa shape index (κ2) is 7.19. The molecular weight excluding hydrogens is 253 g/mol. The zero-order valence-electron chi connectivity index (χ0n) is 12.6. The van der Waals surface area contributed by atoms with E-state index in [2.05, 4.69) is 12.2 Å². The monoisotopic (exact) mass is 279 g/mol. The summed E-state index contributed by atoms with van der Waals surface area (Å²) < 4.78 is 19.2. The molecule has 1 fully saturated rings. The van der Waals surface area contributed by atoms with Crippen molar-refractivity contribution >= 4 is 0 Å². The summed E-state index contributed by atoms with van der Waals surface area (Å²) in [5, 5.41) is 3.44. The zero-order valence-corrected chi connectivity index (χ0v) is 12.6. The summed E-state index contributed by atoms with van der Waals surface area (Å²) in [4.78, 5) is 0. The van der Waals surface area contributed by atoms with E-state index in [1.165, 1.54) is 31.4 Å². The molecule has 0 bridgehead atoms. The summed E-state index contributed by atoms with van der Waals surface area (Å²) in [6.45, 7) is 2.82. The van der Waals surface area contributed by atoms with E-state index < -0.39 is 0 Å². The van der Waals surface area contributed by atoms with E-state index in [1.807, 2.05) is 19.2 Å². The van der Waals surface area contributed by atoms with Gasteiger partial charge in [-0.2, -0.15) is 0 Å². The third kappa shape index (κ3) is 3.58. The van der Waals surface area contributed by atoms with Gasteiger partial charge < -0.3 is 10.1 Å². The number of hydrogen-bond donors (Lipinski definition) is 1. The molecular formula is C17H26FNO. The molecule has 112 valence electrons. The van der Waals surface area contributed by atoms with Gasteiger partial charge in [-0.15, -0.1) is 0 Å². The van der Waals surface area contributed by atoms with Gasteiger partial charge in [-0.3, -0.25) is 0 Å². The van der Waals surface area contributed by atoms with Crippen molar-refractivity contribution in [3.63, 3.8) is 0 Å². The lowest BCUT2D eigenvalue weighted by Crippen LogP contribution is -2.53. The zero-order chi connectivity index (χ0) is 14.4. The molecule has 0 radical (unpaired) electrons. The first kappa shape index (κ1) is 15.5. The molecule has 1 N–H and O–H groups in total. The van der Waals surface area contributed by atoms with Gasteiger partial charge >= 0.3 is 0 Å². The molecule has 1 unspecified atom stereocenters. The Bertz CT molecular complexity index is 392. The van der Waals surface area contributed by atoms with Crippen LogP contribution < -0.4 is 5.32 Å². The highest BCUT2D eigenvalue weighted by Gasteiger charge is 2.39. The fraction of sp³-hybridized carbons (Fsp3) is 0.647. The van der Waals surface area contributed by atoms with Gasteiger partial charge in [-0.25, -0.2) is 4.39 Å². The van der Waals surface area contributed by atoms with Crippen LogP contribution in [0.25, 0.3) is 0 Å². The van der Waals surface area contributed by atoms with Crippen molar-refractivity contribution in [2.45, 2.75) is 57.1 Å². The summed E-state index contributed by atoms with van der Waals surface area (Å²) >= 11 is 0. The molecule has 1 saturated carbocycles. The van der Waals surface area contributed by atoms with Gasteiger partial charge in [0.1, 0.15) is 5.82 Å². The first-order valence-electron chi connectivity index (χ1n) is 7.76. The molecule has 1 aromatic rings. The van der Waals surface area contributed by atoms with E-state index >= 15 is 0 Å². The summed E-state index contributed by atoms with van der Waals surface area (Å²) in [7, 11) is 2.00. The Hall–Kier alpha value is -0.930. The molecule has 0 aliphatic heterocycles. The number of benzene rings is 1. The third-order valence-corrected chi connectivity index (χ3v) is 4.47. The van der Waals surface area contributed by atoms with E-state index in [0.29, 0.717) is 0 Å². The highest BCUT2D eigenvalue weighted by atomic mass is 19.1. The molecule has 0 aromatic heterocycles. The summed E-state index contributed by atoms with van der Waals surface area (Å²) in [5.74, 6) is -0.174. The molecule has 0 amide bonds. The third-order valence-electron chi connectivity index (χ3n) is 4.47. The van der Waals surface area contributed by atoms with E-state index in [-0.39, 0.29) is 17.5 Å². The van der Waals surface area contributed by atoms with Crippen LogP contribution in [-0.2, 0) is 11.2 Å². The van der Waals surface area contributed by atoms with Crippen molar-refractivity contribution in [1.29, 1.82) is 0 Å². The predicted octanol–water partition coefficient (Wildman–Crippen LogP) is 3.70. The highest BCUT2D eigenvalue weighted by molar-refractivity contribution is 5.18. The largest absolute Gasteiger partial charge is 0.374 e. The number of hydrogen-bond acceptors (Lipinski definition) is 2. The lowest BCUT2D eigenvalue weighted by molar-refractivity contribution is -0.0883. The van der Waals surface area contributed by atoms with Crippen molar-refractivity contribution in [1.82, 2.24) is 5.32 Å². The number of halogens is 1. The highest BCUT2D eigenvalue weighted by Crippen LogP contribution is 2.35. The van der Waals surface area contributed by atoms with E-state index in [9.17, 15) is 4.39 Å². The second-order valence-electron chi connectivity index (χ2n) is 5.73. The van der Waals surface area contributed by atoms with E-state index in [0.717, 1.165) is 31.4 Å². The normalized spacial score (nSPS) is 19.8. The van der Waals surface area contributed by atoms with Crippen LogP contribution in [0.5, 0.6) is 0 Å². The second-order valence-corrected chi connectivity index (χ2v) is 5.73. The van der Waals surface area contributed by atoms with Crippen molar-refractivity contribution in [3.8, 4) is 0 Å². The van der Waals surface area contributed by atoms with Crippen molar-refractivity contribution in [2.75, 3.05) is 13.7 Å². The molecule has 1 aliphatic rings. The maximum atomic E-state index is 13.0. The number of ether oxygens (including phenoxy) is 1. The standard InChI is InChI=1S/C17H26FNO/c1-3-20-17(11-5-4-6-12-17)16(19-2)13-14-7-9-15(18)10-8-14/h7-10,16,19H,3-6,11-13H2,1-2H3. The van der Waals surface area contributed by atoms with Crippen LogP contribution in [0.1, 0.15) is 44.6 Å². The van der Waals surface area contributed by atoms with Gasteiger partial charge in [0.2, 0.25) is 0 Å². The van der Waals surface area contributed by atoms with Gasteiger partial charge in [-0.05, 0) is 50.9 Å². The molecule has 1 aromatic carbocycles. The first-order valence-corrected chi connectivity index (χ1v) is 7.76. The average molecular weight is 279 g/mol. The minimum atomic E-state index is -0.174. The van der Waals surface area contributed by atoms with Crippen LogP contribution in [0.3, 0.4) is 0 Å². The molecule has 2 rings (SSSR count). The Balaban J connectivity index is 2.13. The number of likely N-dealkylation sites (N-methyl/N-ethyl adjacent to an activating group) is 1. The van der Waals surface area contributed by atoms with Crippen molar-refractivity contribution < 1.29 is 9.13 Å². The van der Waals surface area contributed by atoms with Crippen molar-refractivity contribution in [3.05, 3.63) is 35.6 Å². The van der Waals surface area contributed by atoms with Gasteiger partial charge in [-0.1, -0.05) is 31.4 Å². The first-order chi connectivity index (χ1) is 9.70. The molecule has 1 aliphatic carbocycles. The molecule has 0 spiro atoms. The summed E-state index contributed by atoms with van der Waals surface area (Å²) in [6.07, 6.45) is 6.91. The van der Waals surface area contributed by atoms with Crippen LogP contribution in [0.2, 0.25) is 0 Å². The lowest BCUT2D eigenvalue weighted by Gasteiger charge is -2.43. The van der Waals surface area contributed by atoms with Crippen LogP contribution in [0.15, 0.2) is 24.3 Å². The molecule has 0 saturated heterocycles. The van der Waals surface area contributed by atoms with Gasteiger partial charge in [0.25, 0.3) is 0 Å². The van der Waals surface area contributed by atoms with Gasteiger partial charge in [0.05, 0.1) is 5.60 Å². The van der Waals surface area contributed by atoms with E-state index in [4.69, 9.17) is 4.74 Å². The quantitative estimate of drug-likeness (QED) is 0.857. The molecule has 0 heterocycles. The molecule has 3 heteroatoms. The number of rotatable bonds is 6. The van der Waals surface area contributed by atoms with Crippen LogP contribution in [0, 0.1) is 5.82 Å². The van der Waals surface area contributed by atoms with Gasteiger partial charge in [0, 0.05) is 12.6 Å². The van der Waals surface area contributed by atoms with E-state index in [1.54, 1.807) is 0 Å². The topological polar surface area (TPSA) is 21.3 Å². The Labute approximate surface area is 121 Å². The Morgan fingerprint density at radius 2 is 1.85 bits per heavy atom. The molecule has 20 heavy (non-hydrogen) atoms. The van der Waals surface area contributed by atoms with Crippen LogP contribution >= 0.6 is 0 Å². The fourth-order valence-electron chi connectivity index (χ4n) is 3.44. The van der Waals surface area contributed by atoms with Gasteiger partial charge in [0.15, 0.2) is 0 Å². The van der Waals surface area contributed by atoms with Crippen LogP contribution in [-0.4, -0.2) is 25.3 Å². The fourth-order valence-corrected chi connectivity index (χ4v) is 3.44.